The molecular weight excluding hydrogens is 372 g/mol. The van der Waals surface area contributed by atoms with Crippen LogP contribution in [0, 0.1) is 52.3 Å². The van der Waals surface area contributed by atoms with Crippen LogP contribution in [0.4, 0.5) is 0 Å². The number of ether oxygens (including phenoxy) is 2. The summed E-state index contributed by atoms with van der Waals surface area (Å²) in [4.78, 5) is 0. The van der Waals surface area contributed by atoms with E-state index >= 15 is 0 Å². The molecule has 30 heavy (non-hydrogen) atoms. The molecule has 3 heteroatoms. The van der Waals surface area contributed by atoms with Crippen molar-refractivity contribution in [1.29, 1.82) is 0 Å². The Bertz CT molecular complexity index is 684. The van der Waals surface area contributed by atoms with Gasteiger partial charge in [-0.1, -0.05) is 27.7 Å². The van der Waals surface area contributed by atoms with Crippen LogP contribution >= 0.6 is 0 Å². The predicted molar refractivity (Wildman–Crippen MR) is 118 cm³/mol. The number of hydrogen-bond acceptors (Lipinski definition) is 3. The van der Waals surface area contributed by atoms with E-state index < -0.39 is 0 Å². The molecule has 6 rings (SSSR count). The minimum atomic E-state index is -0.282. The molecule has 4 aliphatic carbocycles. The van der Waals surface area contributed by atoms with Gasteiger partial charge in [-0.2, -0.15) is 0 Å². The van der Waals surface area contributed by atoms with Crippen LogP contribution in [0.5, 0.6) is 0 Å². The highest BCUT2D eigenvalue weighted by molar-refractivity contribution is 5.15. The second-order valence-corrected chi connectivity index (χ2v) is 13.1. The van der Waals surface area contributed by atoms with Crippen LogP contribution in [0.1, 0.15) is 91.9 Å². The monoisotopic (exact) mass is 416 g/mol. The first-order valence-electron chi connectivity index (χ1n) is 13.3. The molecule has 2 heterocycles. The van der Waals surface area contributed by atoms with Gasteiger partial charge >= 0.3 is 0 Å². The summed E-state index contributed by atoms with van der Waals surface area (Å²) >= 11 is 0. The molecule has 0 aromatic carbocycles. The van der Waals surface area contributed by atoms with Crippen molar-refractivity contribution >= 4 is 0 Å². The summed E-state index contributed by atoms with van der Waals surface area (Å²) in [5.74, 6) is 4.93. The summed E-state index contributed by atoms with van der Waals surface area (Å²) in [7, 11) is 0. The van der Waals surface area contributed by atoms with Gasteiger partial charge in [0.2, 0.25) is 0 Å². The minimum Gasteiger partial charge on any atom is -0.393 e. The van der Waals surface area contributed by atoms with Gasteiger partial charge in [0, 0.05) is 12.3 Å². The fraction of sp³-hybridized carbons (Fsp3) is 1.00. The zero-order valence-electron chi connectivity index (χ0n) is 19.7. The van der Waals surface area contributed by atoms with Crippen LogP contribution in [-0.4, -0.2) is 29.7 Å². The van der Waals surface area contributed by atoms with Crippen molar-refractivity contribution in [1.82, 2.24) is 0 Å². The Balaban J connectivity index is 1.26. The largest absolute Gasteiger partial charge is 0.393 e. The highest BCUT2D eigenvalue weighted by Gasteiger charge is 2.69. The van der Waals surface area contributed by atoms with Crippen LogP contribution < -0.4 is 0 Å². The third-order valence-electron chi connectivity index (χ3n) is 11.9. The van der Waals surface area contributed by atoms with Crippen LogP contribution in [0.3, 0.4) is 0 Å². The number of fused-ring (bicyclic) bond motifs is 7. The molecule has 0 aromatic rings. The third kappa shape index (κ3) is 2.61. The normalized spacial score (nSPS) is 62.5. The Hall–Kier alpha value is -0.120. The van der Waals surface area contributed by atoms with Crippen molar-refractivity contribution in [3.05, 3.63) is 0 Å². The second-order valence-electron chi connectivity index (χ2n) is 13.1. The summed E-state index contributed by atoms with van der Waals surface area (Å²) in [6.45, 7) is 10.9. The van der Waals surface area contributed by atoms with Gasteiger partial charge < -0.3 is 14.6 Å². The zero-order valence-corrected chi connectivity index (χ0v) is 19.7. The van der Waals surface area contributed by atoms with E-state index in [1.54, 1.807) is 0 Å². The molecule has 170 valence electrons. The summed E-state index contributed by atoms with van der Waals surface area (Å²) in [6, 6.07) is 0. The van der Waals surface area contributed by atoms with Gasteiger partial charge in [-0.3, -0.25) is 0 Å². The van der Waals surface area contributed by atoms with Gasteiger partial charge in [0.25, 0.3) is 0 Å². The maximum atomic E-state index is 10.3. The lowest BCUT2D eigenvalue weighted by atomic mass is 9.44. The van der Waals surface area contributed by atoms with Crippen LogP contribution in [0.2, 0.25) is 0 Å². The minimum absolute atomic E-state index is 0.0389. The fourth-order valence-corrected chi connectivity index (χ4v) is 10.3. The Kier molecular flexibility index (Phi) is 4.58. The molecule has 4 saturated carbocycles. The topological polar surface area (TPSA) is 38.7 Å². The number of aliphatic hydroxyl groups is 1. The maximum absolute atomic E-state index is 10.3. The third-order valence-corrected chi connectivity index (χ3v) is 11.9. The molecule has 0 amide bonds. The van der Waals surface area contributed by atoms with Crippen molar-refractivity contribution in [3.8, 4) is 0 Å². The zero-order chi connectivity index (χ0) is 20.9. The molecule has 1 N–H and O–H groups in total. The predicted octanol–water partition coefficient (Wildman–Crippen LogP) is 5.79. The van der Waals surface area contributed by atoms with Crippen LogP contribution in [-0.2, 0) is 9.47 Å². The first-order chi connectivity index (χ1) is 14.3. The maximum Gasteiger partial charge on any atom is 0.171 e. The van der Waals surface area contributed by atoms with Crippen LogP contribution in [0.15, 0.2) is 0 Å². The van der Waals surface area contributed by atoms with Gasteiger partial charge in [0.15, 0.2) is 5.79 Å². The molecular formula is C27H44O3. The van der Waals surface area contributed by atoms with E-state index in [4.69, 9.17) is 9.47 Å². The Morgan fingerprint density at radius 2 is 1.63 bits per heavy atom. The summed E-state index contributed by atoms with van der Waals surface area (Å²) in [6.07, 6.45) is 12.9. The van der Waals surface area contributed by atoms with Crippen molar-refractivity contribution in [2.24, 2.45) is 52.3 Å². The number of hydrogen-bond donors (Lipinski definition) is 1. The first kappa shape index (κ1) is 20.5. The van der Waals surface area contributed by atoms with E-state index in [1.165, 1.54) is 44.9 Å². The van der Waals surface area contributed by atoms with E-state index in [9.17, 15) is 5.11 Å². The van der Waals surface area contributed by atoms with Gasteiger partial charge in [0.1, 0.15) is 0 Å². The average Bonchev–Trinajstić information content (AvgIpc) is 3.16. The smallest absolute Gasteiger partial charge is 0.171 e. The summed E-state index contributed by atoms with van der Waals surface area (Å²) in [5, 5.41) is 10.3. The molecule has 2 saturated heterocycles. The molecule has 2 aliphatic heterocycles. The molecule has 1 spiro atoms. The standard InChI is InChI=1S/C27H44O3/c1-16-7-12-27(29-15-16)17(2)24-23(30-27)14-22-20-6-5-18-13-19(28)8-10-25(18,3)21(20)9-11-26(22,24)4/h16-24,28H,5-15H2,1-4H3/t16-,17+,18+,19+,20-,21+,22+,23-,24+,25+,26+,27-/m1/s1. The highest BCUT2D eigenvalue weighted by atomic mass is 16.7. The average molecular weight is 417 g/mol. The van der Waals surface area contributed by atoms with E-state index in [1.807, 2.05) is 0 Å². The quantitative estimate of drug-likeness (QED) is 0.543. The van der Waals surface area contributed by atoms with E-state index in [0.717, 1.165) is 49.5 Å². The van der Waals surface area contributed by atoms with E-state index in [-0.39, 0.29) is 11.9 Å². The van der Waals surface area contributed by atoms with Gasteiger partial charge in [-0.05, 0) is 104 Å². The highest BCUT2D eigenvalue weighted by Crippen LogP contribution is 2.71. The van der Waals surface area contributed by atoms with Crippen LogP contribution in [0.25, 0.3) is 0 Å². The van der Waals surface area contributed by atoms with Gasteiger partial charge in [0.05, 0.1) is 18.8 Å². The SMILES string of the molecule is C[C@@H]1CC[C@@]2(OC1)O[C@@H]1C[C@H]3[C@@H]4CC[C@H]5C[C@@H](O)CC[C@]5(C)[C@H]4CC[C@]3(C)[C@H]1[C@@H]2C. The fourth-order valence-electron chi connectivity index (χ4n) is 10.3. The lowest BCUT2D eigenvalue weighted by Crippen LogP contribution is -2.55. The molecule has 6 aliphatic rings. The van der Waals surface area contributed by atoms with Gasteiger partial charge in [-0.25, -0.2) is 0 Å². The molecule has 0 aromatic heterocycles. The molecule has 12 atom stereocenters. The Labute approximate surface area is 183 Å². The lowest BCUT2D eigenvalue weighted by molar-refractivity contribution is -0.273. The summed E-state index contributed by atoms with van der Waals surface area (Å²) < 4.78 is 13.4. The van der Waals surface area contributed by atoms with Crippen molar-refractivity contribution in [3.63, 3.8) is 0 Å². The summed E-state index contributed by atoms with van der Waals surface area (Å²) in [5.41, 5.74) is 0.899. The Morgan fingerprint density at radius 1 is 0.833 bits per heavy atom. The molecule has 6 fully saturated rings. The lowest BCUT2D eigenvalue weighted by Gasteiger charge is -2.61. The molecule has 0 unspecified atom stereocenters. The number of rotatable bonds is 0. The number of aliphatic hydroxyl groups excluding tert-OH is 1. The van der Waals surface area contributed by atoms with E-state index in [2.05, 4.69) is 27.7 Å². The van der Waals surface area contributed by atoms with E-state index in [0.29, 0.717) is 34.7 Å². The van der Waals surface area contributed by atoms with Crippen molar-refractivity contribution < 1.29 is 14.6 Å². The molecule has 0 radical (unpaired) electrons. The Morgan fingerprint density at radius 3 is 2.40 bits per heavy atom. The second kappa shape index (κ2) is 6.70. The molecule has 3 nitrogen and oxygen atoms in total. The molecule has 0 bridgehead atoms. The van der Waals surface area contributed by atoms with Gasteiger partial charge in [-0.15, -0.1) is 0 Å². The van der Waals surface area contributed by atoms with Crippen molar-refractivity contribution in [2.75, 3.05) is 6.61 Å². The van der Waals surface area contributed by atoms with Crippen molar-refractivity contribution in [2.45, 2.75) is 110 Å². The first-order valence-corrected chi connectivity index (χ1v) is 13.3.